The molecule has 1 heterocycles. The number of amidine groups is 1. The SMILES string of the molecule is CCCN1C(=O)C(CC(=O)Nc2cccc(Cl)c2C)SC1=Nc1ccccc1. The normalized spacial score (nSPS) is 18.0. The van der Waals surface area contributed by atoms with Crippen LogP contribution in [0, 0.1) is 6.92 Å². The number of benzene rings is 2. The Morgan fingerprint density at radius 1 is 1.21 bits per heavy atom. The zero-order chi connectivity index (χ0) is 20.1. The molecule has 0 saturated carbocycles. The minimum atomic E-state index is -0.478. The highest BCUT2D eigenvalue weighted by atomic mass is 35.5. The van der Waals surface area contributed by atoms with E-state index in [9.17, 15) is 9.59 Å². The molecule has 1 unspecified atom stereocenters. The molecule has 2 aromatic carbocycles. The van der Waals surface area contributed by atoms with E-state index >= 15 is 0 Å². The van der Waals surface area contributed by atoms with Crippen LogP contribution in [0.5, 0.6) is 0 Å². The number of carbonyl (C=O) groups excluding carboxylic acids is 2. The number of hydrogen-bond donors (Lipinski definition) is 1. The Kier molecular flexibility index (Phi) is 6.75. The summed E-state index contributed by atoms with van der Waals surface area (Å²) < 4.78 is 0. The maximum atomic E-state index is 12.8. The molecule has 2 amide bonds. The lowest BCUT2D eigenvalue weighted by atomic mass is 10.2. The molecular weight excluding hydrogens is 394 g/mol. The molecule has 28 heavy (non-hydrogen) atoms. The number of carbonyl (C=O) groups is 2. The maximum Gasteiger partial charge on any atom is 0.242 e. The molecule has 5 nitrogen and oxygen atoms in total. The summed E-state index contributed by atoms with van der Waals surface area (Å²) in [6.07, 6.45) is 0.907. The third-order valence-corrected chi connectivity index (χ3v) is 5.95. The van der Waals surface area contributed by atoms with E-state index in [1.807, 2.05) is 44.2 Å². The molecule has 0 bridgehead atoms. The van der Waals surface area contributed by atoms with Gasteiger partial charge < -0.3 is 5.32 Å². The fourth-order valence-electron chi connectivity index (χ4n) is 2.88. The quantitative estimate of drug-likeness (QED) is 0.720. The van der Waals surface area contributed by atoms with Crippen LogP contribution >= 0.6 is 23.4 Å². The van der Waals surface area contributed by atoms with Gasteiger partial charge in [0.05, 0.1) is 5.69 Å². The number of thioether (sulfide) groups is 1. The van der Waals surface area contributed by atoms with Gasteiger partial charge in [0.1, 0.15) is 5.25 Å². The van der Waals surface area contributed by atoms with E-state index in [-0.39, 0.29) is 18.2 Å². The van der Waals surface area contributed by atoms with Gasteiger partial charge in [0.25, 0.3) is 0 Å². The van der Waals surface area contributed by atoms with E-state index in [1.54, 1.807) is 23.1 Å². The van der Waals surface area contributed by atoms with Crippen LogP contribution in [0.3, 0.4) is 0 Å². The summed E-state index contributed by atoms with van der Waals surface area (Å²) >= 11 is 7.46. The first-order chi connectivity index (χ1) is 13.5. The highest BCUT2D eigenvalue weighted by Gasteiger charge is 2.38. The molecule has 1 N–H and O–H groups in total. The van der Waals surface area contributed by atoms with E-state index in [1.165, 1.54) is 11.8 Å². The fraction of sp³-hybridized carbons (Fsp3) is 0.286. The van der Waals surface area contributed by atoms with Gasteiger partial charge in [0, 0.05) is 23.7 Å². The predicted octanol–water partition coefficient (Wildman–Crippen LogP) is 5.02. The Morgan fingerprint density at radius 3 is 2.68 bits per heavy atom. The third-order valence-electron chi connectivity index (χ3n) is 4.36. The molecule has 0 spiro atoms. The van der Waals surface area contributed by atoms with Crippen molar-refractivity contribution >= 4 is 51.7 Å². The highest BCUT2D eigenvalue weighted by Crippen LogP contribution is 2.32. The highest BCUT2D eigenvalue weighted by molar-refractivity contribution is 8.15. The van der Waals surface area contributed by atoms with Crippen LogP contribution in [0.15, 0.2) is 53.5 Å². The van der Waals surface area contributed by atoms with Crippen molar-refractivity contribution in [3.8, 4) is 0 Å². The average molecular weight is 416 g/mol. The first kappa shape index (κ1) is 20.4. The molecule has 0 aromatic heterocycles. The zero-order valence-corrected chi connectivity index (χ0v) is 17.4. The van der Waals surface area contributed by atoms with Gasteiger partial charge in [0.15, 0.2) is 5.17 Å². The zero-order valence-electron chi connectivity index (χ0n) is 15.8. The molecule has 146 valence electrons. The summed E-state index contributed by atoms with van der Waals surface area (Å²) in [6.45, 7) is 4.45. The molecule has 1 atom stereocenters. The molecule has 1 saturated heterocycles. The van der Waals surface area contributed by atoms with Crippen molar-refractivity contribution in [2.75, 3.05) is 11.9 Å². The number of rotatable bonds is 6. The van der Waals surface area contributed by atoms with E-state index in [0.717, 1.165) is 17.7 Å². The Hall–Kier alpha value is -2.31. The van der Waals surface area contributed by atoms with E-state index in [4.69, 9.17) is 11.6 Å². The molecule has 1 aliphatic rings. The van der Waals surface area contributed by atoms with E-state index in [0.29, 0.717) is 22.4 Å². The second kappa shape index (κ2) is 9.26. The molecule has 2 aromatic rings. The lowest BCUT2D eigenvalue weighted by Gasteiger charge is -2.15. The fourth-order valence-corrected chi connectivity index (χ4v) is 4.24. The summed E-state index contributed by atoms with van der Waals surface area (Å²) in [6, 6.07) is 14.9. The number of para-hydroxylation sites is 1. The standard InChI is InChI=1S/C21H22ClN3O2S/c1-3-12-25-20(27)18(28-21(25)23-15-8-5-4-6-9-15)13-19(26)24-17-11-7-10-16(22)14(17)2/h4-11,18H,3,12-13H2,1-2H3,(H,24,26). The molecule has 1 fully saturated rings. The Morgan fingerprint density at radius 2 is 1.96 bits per heavy atom. The summed E-state index contributed by atoms with van der Waals surface area (Å²) in [5.41, 5.74) is 2.26. The topological polar surface area (TPSA) is 61.8 Å². The minimum Gasteiger partial charge on any atom is -0.326 e. The van der Waals surface area contributed by atoms with Crippen molar-refractivity contribution in [3.05, 3.63) is 59.1 Å². The van der Waals surface area contributed by atoms with Gasteiger partial charge in [-0.2, -0.15) is 0 Å². The lowest BCUT2D eigenvalue weighted by Crippen LogP contribution is -2.34. The van der Waals surface area contributed by atoms with Gasteiger partial charge >= 0.3 is 0 Å². The number of nitrogens with one attached hydrogen (secondary N) is 1. The minimum absolute atomic E-state index is 0.0699. The molecule has 0 aliphatic carbocycles. The van der Waals surface area contributed by atoms with Crippen LogP contribution in [0.25, 0.3) is 0 Å². The smallest absolute Gasteiger partial charge is 0.242 e. The van der Waals surface area contributed by atoms with Crippen LogP contribution in [0.1, 0.15) is 25.3 Å². The molecule has 0 radical (unpaired) electrons. The number of amides is 2. The Bertz CT molecular complexity index is 902. The first-order valence-corrected chi connectivity index (χ1v) is 10.4. The number of hydrogen-bond acceptors (Lipinski definition) is 4. The second-order valence-electron chi connectivity index (χ2n) is 6.49. The van der Waals surface area contributed by atoms with E-state index < -0.39 is 5.25 Å². The summed E-state index contributed by atoms with van der Waals surface area (Å²) in [7, 11) is 0. The number of nitrogens with zero attached hydrogens (tertiary/aromatic N) is 2. The van der Waals surface area contributed by atoms with E-state index in [2.05, 4.69) is 10.3 Å². The molecule has 7 heteroatoms. The van der Waals surface area contributed by atoms with Crippen LogP contribution in [0.4, 0.5) is 11.4 Å². The van der Waals surface area contributed by atoms with Crippen molar-refractivity contribution in [2.45, 2.75) is 31.9 Å². The number of anilines is 1. The van der Waals surface area contributed by atoms with Crippen molar-refractivity contribution in [1.29, 1.82) is 0 Å². The van der Waals surface area contributed by atoms with Gasteiger partial charge in [-0.05, 0) is 43.2 Å². The van der Waals surface area contributed by atoms with Gasteiger partial charge in [-0.1, -0.05) is 54.6 Å². The first-order valence-electron chi connectivity index (χ1n) is 9.16. The lowest BCUT2D eigenvalue weighted by molar-refractivity contribution is -0.128. The molecular formula is C21H22ClN3O2S. The van der Waals surface area contributed by atoms with Crippen LogP contribution in [0.2, 0.25) is 5.02 Å². The second-order valence-corrected chi connectivity index (χ2v) is 8.07. The van der Waals surface area contributed by atoms with Crippen LogP contribution in [-0.2, 0) is 9.59 Å². The van der Waals surface area contributed by atoms with Gasteiger partial charge in [-0.15, -0.1) is 0 Å². The van der Waals surface area contributed by atoms with Crippen molar-refractivity contribution in [1.82, 2.24) is 4.90 Å². The third kappa shape index (κ3) is 4.75. The Balaban J connectivity index is 1.73. The Labute approximate surface area is 174 Å². The number of aliphatic imine (C=N–C) groups is 1. The average Bonchev–Trinajstić information content (AvgIpc) is 2.95. The summed E-state index contributed by atoms with van der Waals surface area (Å²) in [5.74, 6) is -0.284. The van der Waals surface area contributed by atoms with Crippen molar-refractivity contribution in [3.63, 3.8) is 0 Å². The number of halogens is 1. The van der Waals surface area contributed by atoms with Crippen LogP contribution in [-0.4, -0.2) is 33.7 Å². The van der Waals surface area contributed by atoms with Crippen molar-refractivity contribution in [2.24, 2.45) is 4.99 Å². The molecule has 1 aliphatic heterocycles. The summed E-state index contributed by atoms with van der Waals surface area (Å²) in [4.78, 5) is 31.6. The van der Waals surface area contributed by atoms with Gasteiger partial charge in [-0.25, -0.2) is 4.99 Å². The maximum absolute atomic E-state index is 12.8. The van der Waals surface area contributed by atoms with Crippen LogP contribution < -0.4 is 5.32 Å². The van der Waals surface area contributed by atoms with Crippen molar-refractivity contribution < 1.29 is 9.59 Å². The monoisotopic (exact) mass is 415 g/mol. The van der Waals surface area contributed by atoms with Gasteiger partial charge in [-0.3, -0.25) is 14.5 Å². The van der Waals surface area contributed by atoms with Gasteiger partial charge in [0.2, 0.25) is 11.8 Å². The summed E-state index contributed by atoms with van der Waals surface area (Å²) in [5, 5.41) is 3.63. The molecule has 3 rings (SSSR count). The largest absolute Gasteiger partial charge is 0.326 e. The predicted molar refractivity (Wildman–Crippen MR) is 116 cm³/mol.